The highest BCUT2D eigenvalue weighted by Crippen LogP contribution is 2.24. The minimum Gasteiger partial charge on any atom is -0.465 e. The van der Waals surface area contributed by atoms with Crippen molar-refractivity contribution in [1.29, 1.82) is 0 Å². The quantitative estimate of drug-likeness (QED) is 0.902. The number of hydrogen-bond acceptors (Lipinski definition) is 2. The zero-order valence-corrected chi connectivity index (χ0v) is 11.6. The summed E-state index contributed by atoms with van der Waals surface area (Å²) in [6, 6.07) is 13.7. The standard InChI is InChI=1S/C17H21NO/c1-12-7-10-17(19-12)13(2)18-16-9-8-14-5-3-4-6-15(14)11-16/h3-7,10,13,16,18H,8-9,11H2,1-2H3. The Hall–Kier alpha value is -1.54. The molecule has 2 unspecified atom stereocenters. The van der Waals surface area contributed by atoms with Crippen LogP contribution in [0.3, 0.4) is 0 Å². The van der Waals surface area contributed by atoms with Gasteiger partial charge >= 0.3 is 0 Å². The maximum Gasteiger partial charge on any atom is 0.120 e. The van der Waals surface area contributed by atoms with Gasteiger partial charge in [0.2, 0.25) is 0 Å². The highest BCUT2D eigenvalue weighted by atomic mass is 16.3. The fourth-order valence-corrected chi connectivity index (χ4v) is 2.96. The first-order chi connectivity index (χ1) is 9.22. The lowest BCUT2D eigenvalue weighted by molar-refractivity contribution is 0.360. The van der Waals surface area contributed by atoms with Crippen LogP contribution in [0.15, 0.2) is 40.8 Å². The van der Waals surface area contributed by atoms with Crippen LogP contribution in [-0.4, -0.2) is 6.04 Å². The Balaban J connectivity index is 1.66. The number of nitrogens with one attached hydrogen (secondary N) is 1. The summed E-state index contributed by atoms with van der Waals surface area (Å²) >= 11 is 0. The minimum atomic E-state index is 0.281. The molecular weight excluding hydrogens is 234 g/mol. The van der Waals surface area contributed by atoms with Gasteiger partial charge in [-0.25, -0.2) is 0 Å². The van der Waals surface area contributed by atoms with Gasteiger partial charge in [-0.3, -0.25) is 0 Å². The van der Waals surface area contributed by atoms with Gasteiger partial charge in [0.1, 0.15) is 11.5 Å². The van der Waals surface area contributed by atoms with Crippen molar-refractivity contribution in [1.82, 2.24) is 5.32 Å². The summed E-state index contributed by atoms with van der Waals surface area (Å²) < 4.78 is 5.69. The van der Waals surface area contributed by atoms with Gasteiger partial charge in [0.15, 0.2) is 0 Å². The number of benzene rings is 1. The predicted molar refractivity (Wildman–Crippen MR) is 77.3 cm³/mol. The van der Waals surface area contributed by atoms with E-state index in [9.17, 15) is 0 Å². The molecule has 0 saturated heterocycles. The zero-order valence-electron chi connectivity index (χ0n) is 11.6. The van der Waals surface area contributed by atoms with E-state index in [4.69, 9.17) is 4.42 Å². The van der Waals surface area contributed by atoms with Gasteiger partial charge in [0.05, 0.1) is 6.04 Å². The molecule has 0 aliphatic heterocycles. The highest BCUT2D eigenvalue weighted by Gasteiger charge is 2.20. The Morgan fingerprint density at radius 1 is 1.16 bits per heavy atom. The second-order valence-electron chi connectivity index (χ2n) is 5.55. The van der Waals surface area contributed by atoms with Crippen LogP contribution in [0.1, 0.15) is 42.0 Å². The highest BCUT2D eigenvalue weighted by molar-refractivity contribution is 5.30. The molecule has 0 saturated carbocycles. The maximum atomic E-state index is 5.69. The average molecular weight is 255 g/mol. The Bertz CT molecular complexity index is 558. The van der Waals surface area contributed by atoms with Gasteiger partial charge in [-0.05, 0) is 56.4 Å². The molecule has 1 aromatic carbocycles. The molecule has 0 bridgehead atoms. The lowest BCUT2D eigenvalue weighted by Crippen LogP contribution is -2.36. The lowest BCUT2D eigenvalue weighted by atomic mass is 9.88. The van der Waals surface area contributed by atoms with Crippen LogP contribution in [0.25, 0.3) is 0 Å². The lowest BCUT2D eigenvalue weighted by Gasteiger charge is -2.27. The van der Waals surface area contributed by atoms with Crippen molar-refractivity contribution < 1.29 is 4.42 Å². The summed E-state index contributed by atoms with van der Waals surface area (Å²) in [4.78, 5) is 0. The fourth-order valence-electron chi connectivity index (χ4n) is 2.96. The van der Waals surface area contributed by atoms with E-state index >= 15 is 0 Å². The van der Waals surface area contributed by atoms with Crippen LogP contribution in [0.5, 0.6) is 0 Å². The number of furan rings is 1. The zero-order chi connectivity index (χ0) is 13.2. The third kappa shape index (κ3) is 2.74. The molecule has 1 aromatic heterocycles. The first-order valence-corrected chi connectivity index (χ1v) is 7.11. The predicted octanol–water partition coefficient (Wildman–Crippen LogP) is 3.80. The summed E-state index contributed by atoms with van der Waals surface area (Å²) in [6.07, 6.45) is 3.51. The Labute approximate surface area is 114 Å². The molecule has 0 spiro atoms. The van der Waals surface area contributed by atoms with Crippen molar-refractivity contribution >= 4 is 0 Å². The normalized spacial score (nSPS) is 20.0. The van der Waals surface area contributed by atoms with Gasteiger partial charge in [0, 0.05) is 6.04 Å². The van der Waals surface area contributed by atoms with E-state index in [0.29, 0.717) is 6.04 Å². The molecule has 100 valence electrons. The number of rotatable bonds is 3. The van der Waals surface area contributed by atoms with Crippen molar-refractivity contribution in [2.75, 3.05) is 0 Å². The molecule has 1 heterocycles. The molecule has 1 aliphatic rings. The molecule has 1 N–H and O–H groups in total. The number of fused-ring (bicyclic) bond motifs is 1. The third-order valence-corrected chi connectivity index (χ3v) is 4.02. The summed E-state index contributed by atoms with van der Waals surface area (Å²) in [7, 11) is 0. The van der Waals surface area contributed by atoms with Crippen LogP contribution in [0, 0.1) is 6.92 Å². The minimum absolute atomic E-state index is 0.281. The molecule has 2 atom stereocenters. The SMILES string of the molecule is Cc1ccc(C(C)NC2CCc3ccccc3C2)o1. The van der Waals surface area contributed by atoms with Crippen molar-refractivity contribution in [2.45, 2.75) is 45.2 Å². The number of aryl methyl sites for hydroxylation is 2. The Morgan fingerprint density at radius 3 is 2.68 bits per heavy atom. The van der Waals surface area contributed by atoms with E-state index in [2.05, 4.69) is 42.6 Å². The summed E-state index contributed by atoms with van der Waals surface area (Å²) in [5.41, 5.74) is 3.01. The van der Waals surface area contributed by atoms with Crippen molar-refractivity contribution in [3.8, 4) is 0 Å². The molecule has 2 nitrogen and oxygen atoms in total. The molecule has 0 radical (unpaired) electrons. The first kappa shape index (κ1) is 12.5. The largest absolute Gasteiger partial charge is 0.465 e. The summed E-state index contributed by atoms with van der Waals surface area (Å²) in [5, 5.41) is 3.70. The van der Waals surface area contributed by atoms with Crippen LogP contribution in [0.2, 0.25) is 0 Å². The third-order valence-electron chi connectivity index (χ3n) is 4.02. The van der Waals surface area contributed by atoms with Crippen LogP contribution in [0.4, 0.5) is 0 Å². The van der Waals surface area contributed by atoms with Gasteiger partial charge in [0.25, 0.3) is 0 Å². The van der Waals surface area contributed by atoms with Crippen molar-refractivity contribution in [2.24, 2.45) is 0 Å². The molecule has 0 amide bonds. The first-order valence-electron chi connectivity index (χ1n) is 7.11. The topological polar surface area (TPSA) is 25.2 Å². The van der Waals surface area contributed by atoms with Crippen LogP contribution < -0.4 is 5.32 Å². The average Bonchev–Trinajstić information content (AvgIpc) is 2.85. The van der Waals surface area contributed by atoms with Gasteiger partial charge in [-0.2, -0.15) is 0 Å². The Kier molecular flexibility index (Phi) is 3.43. The smallest absolute Gasteiger partial charge is 0.120 e. The van der Waals surface area contributed by atoms with Gasteiger partial charge in [-0.1, -0.05) is 24.3 Å². The van der Waals surface area contributed by atoms with E-state index < -0.39 is 0 Å². The molecular formula is C17H21NO. The second kappa shape index (κ2) is 5.22. The molecule has 1 aliphatic carbocycles. The van der Waals surface area contributed by atoms with E-state index in [1.54, 1.807) is 0 Å². The van der Waals surface area contributed by atoms with E-state index in [1.807, 2.05) is 13.0 Å². The summed E-state index contributed by atoms with van der Waals surface area (Å²) in [5.74, 6) is 2.02. The van der Waals surface area contributed by atoms with E-state index in [0.717, 1.165) is 17.9 Å². The molecule has 3 rings (SSSR count). The fraction of sp³-hybridized carbons (Fsp3) is 0.412. The Morgan fingerprint density at radius 2 is 1.95 bits per heavy atom. The maximum absolute atomic E-state index is 5.69. The number of hydrogen-bond donors (Lipinski definition) is 1. The van der Waals surface area contributed by atoms with Gasteiger partial charge < -0.3 is 9.73 Å². The molecule has 0 fully saturated rings. The van der Waals surface area contributed by atoms with Gasteiger partial charge in [-0.15, -0.1) is 0 Å². The van der Waals surface area contributed by atoms with Crippen molar-refractivity contribution in [3.63, 3.8) is 0 Å². The molecule has 19 heavy (non-hydrogen) atoms. The second-order valence-corrected chi connectivity index (χ2v) is 5.55. The monoisotopic (exact) mass is 255 g/mol. The van der Waals surface area contributed by atoms with E-state index in [1.165, 1.54) is 24.0 Å². The van der Waals surface area contributed by atoms with E-state index in [-0.39, 0.29) is 6.04 Å². The van der Waals surface area contributed by atoms with Crippen molar-refractivity contribution in [3.05, 3.63) is 59.0 Å². The molecule has 2 aromatic rings. The van der Waals surface area contributed by atoms with Crippen LogP contribution in [-0.2, 0) is 12.8 Å². The molecule has 2 heteroatoms. The summed E-state index contributed by atoms with van der Waals surface area (Å²) in [6.45, 7) is 4.17. The van der Waals surface area contributed by atoms with Crippen LogP contribution >= 0.6 is 0 Å².